The molecular formula is C14H26N2O3S2. The fourth-order valence-electron chi connectivity index (χ4n) is 1.82. The number of sulfonamides is 1. The van der Waals surface area contributed by atoms with Crippen molar-refractivity contribution in [1.29, 1.82) is 0 Å². The van der Waals surface area contributed by atoms with Gasteiger partial charge in [-0.15, -0.1) is 11.3 Å². The van der Waals surface area contributed by atoms with Crippen molar-refractivity contribution in [2.45, 2.75) is 37.4 Å². The Balaban J connectivity index is 2.73. The molecule has 0 saturated carbocycles. The SMILES string of the molecule is CCNCCc1ccc(S(=O)(=O)NC(COC)C(C)C)s1. The standard InChI is InChI=1S/C14H26N2O3S2/c1-5-15-9-8-12-6-7-14(20-12)21(17,18)16-13(10-19-4)11(2)3/h6-7,11,13,15-16H,5,8-10H2,1-4H3. The maximum Gasteiger partial charge on any atom is 0.250 e. The largest absolute Gasteiger partial charge is 0.383 e. The third kappa shape index (κ3) is 6.04. The number of methoxy groups -OCH3 is 1. The fraction of sp³-hybridized carbons (Fsp3) is 0.714. The number of ether oxygens (including phenoxy) is 1. The molecule has 0 bridgehead atoms. The molecule has 0 fully saturated rings. The van der Waals surface area contributed by atoms with E-state index < -0.39 is 10.0 Å². The van der Waals surface area contributed by atoms with Crippen molar-refractivity contribution in [3.8, 4) is 0 Å². The van der Waals surface area contributed by atoms with E-state index in [2.05, 4.69) is 17.0 Å². The molecule has 1 heterocycles. The Labute approximate surface area is 132 Å². The van der Waals surface area contributed by atoms with Crippen LogP contribution in [0.5, 0.6) is 0 Å². The minimum absolute atomic E-state index is 0.174. The van der Waals surface area contributed by atoms with E-state index >= 15 is 0 Å². The summed E-state index contributed by atoms with van der Waals surface area (Å²) in [5.41, 5.74) is 0. The first-order valence-electron chi connectivity index (χ1n) is 7.21. The first kappa shape index (κ1) is 18.6. The van der Waals surface area contributed by atoms with Gasteiger partial charge < -0.3 is 10.1 Å². The normalized spacial score (nSPS) is 13.8. The zero-order valence-electron chi connectivity index (χ0n) is 13.2. The van der Waals surface area contributed by atoms with Crippen LogP contribution in [0.4, 0.5) is 0 Å². The van der Waals surface area contributed by atoms with Gasteiger partial charge in [-0.1, -0.05) is 20.8 Å². The van der Waals surface area contributed by atoms with Crippen molar-refractivity contribution < 1.29 is 13.2 Å². The lowest BCUT2D eigenvalue weighted by Gasteiger charge is -2.20. The number of hydrogen-bond donors (Lipinski definition) is 2. The first-order valence-corrected chi connectivity index (χ1v) is 9.51. The molecule has 0 saturated heterocycles. The summed E-state index contributed by atoms with van der Waals surface area (Å²) in [5.74, 6) is 0.174. The van der Waals surface area contributed by atoms with Crippen LogP contribution in [0.25, 0.3) is 0 Å². The first-order chi connectivity index (χ1) is 9.90. The Kier molecular flexibility index (Phi) is 7.83. The van der Waals surface area contributed by atoms with E-state index in [0.29, 0.717) is 10.8 Å². The van der Waals surface area contributed by atoms with Crippen LogP contribution in [0.1, 0.15) is 25.6 Å². The summed E-state index contributed by atoms with van der Waals surface area (Å²) in [4.78, 5) is 1.07. The van der Waals surface area contributed by atoms with Crippen molar-refractivity contribution in [3.05, 3.63) is 17.0 Å². The molecule has 2 N–H and O–H groups in total. The quantitative estimate of drug-likeness (QED) is 0.641. The second-order valence-corrected chi connectivity index (χ2v) is 8.36. The van der Waals surface area contributed by atoms with Gasteiger partial charge in [-0.25, -0.2) is 13.1 Å². The molecule has 1 rings (SSSR count). The fourth-order valence-corrected chi connectivity index (χ4v) is 4.57. The Morgan fingerprint density at radius 3 is 2.62 bits per heavy atom. The molecule has 0 radical (unpaired) electrons. The zero-order valence-corrected chi connectivity index (χ0v) is 14.8. The predicted octanol–water partition coefficient (Wildman–Crippen LogP) is 1.85. The molecule has 1 aromatic rings. The van der Waals surface area contributed by atoms with Crippen LogP contribution in [0.3, 0.4) is 0 Å². The van der Waals surface area contributed by atoms with Gasteiger partial charge in [0, 0.05) is 18.0 Å². The predicted molar refractivity (Wildman–Crippen MR) is 87.4 cm³/mol. The smallest absolute Gasteiger partial charge is 0.250 e. The van der Waals surface area contributed by atoms with Crippen molar-refractivity contribution in [1.82, 2.24) is 10.0 Å². The summed E-state index contributed by atoms with van der Waals surface area (Å²) < 4.78 is 33.0. The number of nitrogens with one attached hydrogen (secondary N) is 2. The molecular weight excluding hydrogens is 308 g/mol. The van der Waals surface area contributed by atoms with E-state index in [1.807, 2.05) is 19.9 Å². The Morgan fingerprint density at radius 1 is 1.33 bits per heavy atom. The zero-order chi connectivity index (χ0) is 15.9. The lowest BCUT2D eigenvalue weighted by molar-refractivity contribution is 0.157. The third-order valence-electron chi connectivity index (χ3n) is 3.16. The summed E-state index contributed by atoms with van der Waals surface area (Å²) in [7, 11) is -1.89. The van der Waals surface area contributed by atoms with Crippen LogP contribution in [-0.2, 0) is 21.2 Å². The van der Waals surface area contributed by atoms with Gasteiger partial charge in [0.05, 0.1) is 6.61 Å². The molecule has 21 heavy (non-hydrogen) atoms. The summed E-state index contributed by atoms with van der Waals surface area (Å²) in [6.45, 7) is 8.16. The van der Waals surface area contributed by atoms with E-state index in [1.165, 1.54) is 11.3 Å². The molecule has 7 heteroatoms. The molecule has 0 spiro atoms. The van der Waals surface area contributed by atoms with Gasteiger partial charge in [0.15, 0.2) is 0 Å². The number of rotatable bonds is 10. The second-order valence-electron chi connectivity index (χ2n) is 5.25. The topological polar surface area (TPSA) is 67.4 Å². The summed E-state index contributed by atoms with van der Waals surface area (Å²) in [6.07, 6.45) is 0.847. The van der Waals surface area contributed by atoms with Crippen molar-refractivity contribution in [2.24, 2.45) is 5.92 Å². The molecule has 122 valence electrons. The summed E-state index contributed by atoms with van der Waals surface area (Å²) >= 11 is 1.33. The molecule has 0 amide bonds. The molecule has 0 aliphatic carbocycles. The molecule has 0 aromatic carbocycles. The lowest BCUT2D eigenvalue weighted by atomic mass is 10.1. The van der Waals surface area contributed by atoms with Gasteiger partial charge in [-0.3, -0.25) is 0 Å². The molecule has 1 unspecified atom stereocenters. The van der Waals surface area contributed by atoms with Crippen LogP contribution < -0.4 is 10.0 Å². The Morgan fingerprint density at radius 2 is 2.05 bits per heavy atom. The van der Waals surface area contributed by atoms with Gasteiger partial charge in [-0.05, 0) is 37.6 Å². The summed E-state index contributed by atoms with van der Waals surface area (Å²) in [6, 6.07) is 3.35. The van der Waals surface area contributed by atoms with E-state index in [9.17, 15) is 8.42 Å². The van der Waals surface area contributed by atoms with Gasteiger partial charge in [0.25, 0.3) is 0 Å². The minimum atomic E-state index is -3.47. The van der Waals surface area contributed by atoms with Crippen molar-refractivity contribution in [2.75, 3.05) is 26.8 Å². The molecule has 1 atom stereocenters. The van der Waals surface area contributed by atoms with Gasteiger partial charge in [0.2, 0.25) is 10.0 Å². The maximum atomic E-state index is 12.4. The van der Waals surface area contributed by atoms with Crippen LogP contribution >= 0.6 is 11.3 Å². The highest BCUT2D eigenvalue weighted by Gasteiger charge is 2.23. The van der Waals surface area contributed by atoms with Gasteiger partial charge >= 0.3 is 0 Å². The third-order valence-corrected chi connectivity index (χ3v) is 6.28. The van der Waals surface area contributed by atoms with E-state index in [-0.39, 0.29) is 12.0 Å². The van der Waals surface area contributed by atoms with Crippen LogP contribution in [0.15, 0.2) is 16.3 Å². The average Bonchev–Trinajstić information content (AvgIpc) is 2.88. The van der Waals surface area contributed by atoms with Gasteiger partial charge in [0.1, 0.15) is 4.21 Å². The van der Waals surface area contributed by atoms with Crippen LogP contribution in [0.2, 0.25) is 0 Å². The van der Waals surface area contributed by atoms with E-state index in [4.69, 9.17) is 4.74 Å². The van der Waals surface area contributed by atoms with Crippen LogP contribution in [-0.4, -0.2) is 41.3 Å². The molecule has 0 aliphatic heterocycles. The highest BCUT2D eigenvalue weighted by Crippen LogP contribution is 2.22. The van der Waals surface area contributed by atoms with Crippen molar-refractivity contribution >= 4 is 21.4 Å². The number of likely N-dealkylation sites (N-methyl/N-ethyl adjacent to an activating group) is 1. The lowest BCUT2D eigenvalue weighted by Crippen LogP contribution is -2.41. The highest BCUT2D eigenvalue weighted by atomic mass is 32.2. The Bertz CT molecular complexity index is 512. The number of thiophene rings is 1. The molecule has 5 nitrogen and oxygen atoms in total. The average molecular weight is 335 g/mol. The highest BCUT2D eigenvalue weighted by molar-refractivity contribution is 7.91. The molecule has 1 aromatic heterocycles. The summed E-state index contributed by atoms with van der Waals surface area (Å²) in [5, 5.41) is 3.23. The van der Waals surface area contributed by atoms with E-state index in [1.54, 1.807) is 13.2 Å². The van der Waals surface area contributed by atoms with Crippen LogP contribution in [0, 0.1) is 5.92 Å². The minimum Gasteiger partial charge on any atom is -0.383 e. The second kappa shape index (κ2) is 8.85. The molecule has 0 aliphatic rings. The van der Waals surface area contributed by atoms with E-state index in [0.717, 1.165) is 24.4 Å². The van der Waals surface area contributed by atoms with Crippen molar-refractivity contribution in [3.63, 3.8) is 0 Å². The number of hydrogen-bond acceptors (Lipinski definition) is 5. The maximum absolute atomic E-state index is 12.4. The monoisotopic (exact) mass is 334 g/mol. The van der Waals surface area contributed by atoms with Gasteiger partial charge in [-0.2, -0.15) is 0 Å². The Hall–Kier alpha value is -0.470.